The third-order valence-corrected chi connectivity index (χ3v) is 1.77. The lowest BCUT2D eigenvalue weighted by molar-refractivity contribution is -0.137. The van der Waals surface area contributed by atoms with E-state index >= 15 is 0 Å². The Morgan fingerprint density at radius 1 is 1.44 bits per heavy atom. The first-order chi connectivity index (χ1) is 7.72. The number of rotatable bonds is 4. The van der Waals surface area contributed by atoms with E-state index in [0.29, 0.717) is 6.42 Å². The average Bonchev–Trinajstić information content (AvgIpc) is 2.29. The van der Waals surface area contributed by atoms with Crippen molar-refractivity contribution >= 4 is 12.0 Å². The number of hydrogen-bond acceptors (Lipinski definition) is 2. The van der Waals surface area contributed by atoms with Gasteiger partial charge >= 0.3 is 5.97 Å². The summed E-state index contributed by atoms with van der Waals surface area (Å²) < 4.78 is 17.3. The summed E-state index contributed by atoms with van der Waals surface area (Å²) >= 11 is 0. The van der Waals surface area contributed by atoms with Crippen LogP contribution in [-0.2, 0) is 9.53 Å². The fourth-order valence-corrected chi connectivity index (χ4v) is 0.997. The highest BCUT2D eigenvalue weighted by atomic mass is 19.1. The fourth-order valence-electron chi connectivity index (χ4n) is 0.997. The largest absolute Gasteiger partial charge is 0.462 e. The van der Waals surface area contributed by atoms with E-state index < -0.39 is 5.97 Å². The van der Waals surface area contributed by atoms with E-state index in [2.05, 4.69) is 5.92 Å². The molecule has 0 aliphatic heterocycles. The molecule has 0 unspecified atom stereocenters. The minimum Gasteiger partial charge on any atom is -0.462 e. The van der Waals surface area contributed by atoms with Crippen LogP contribution in [0.2, 0.25) is 0 Å². The SMILES string of the molecule is C#CCCOC(=O)/C=C/c1ccc(F)cc1. The molecule has 82 valence electrons. The lowest BCUT2D eigenvalue weighted by Gasteiger charge is -1.97. The molecular weight excluding hydrogens is 207 g/mol. The highest BCUT2D eigenvalue weighted by Crippen LogP contribution is 2.04. The van der Waals surface area contributed by atoms with E-state index in [1.54, 1.807) is 18.2 Å². The van der Waals surface area contributed by atoms with E-state index in [-0.39, 0.29) is 12.4 Å². The van der Waals surface area contributed by atoms with Crippen LogP contribution in [0.15, 0.2) is 30.3 Å². The number of esters is 1. The second kappa shape index (κ2) is 6.41. The Hall–Kier alpha value is -2.08. The van der Waals surface area contributed by atoms with Gasteiger partial charge in [0.05, 0.1) is 0 Å². The maximum atomic E-state index is 12.6. The topological polar surface area (TPSA) is 26.3 Å². The van der Waals surface area contributed by atoms with Gasteiger partial charge in [-0.05, 0) is 23.8 Å². The molecule has 0 radical (unpaired) electrons. The summed E-state index contributed by atoms with van der Waals surface area (Å²) in [6.45, 7) is 0.211. The predicted octanol–water partition coefficient (Wildman–Crippen LogP) is 2.41. The van der Waals surface area contributed by atoms with E-state index in [1.807, 2.05) is 0 Å². The van der Waals surface area contributed by atoms with Gasteiger partial charge in [-0.25, -0.2) is 9.18 Å². The first kappa shape index (κ1) is 12.0. The van der Waals surface area contributed by atoms with Crippen molar-refractivity contribution in [1.82, 2.24) is 0 Å². The molecule has 0 amide bonds. The second-order valence-electron chi connectivity index (χ2n) is 3.01. The van der Waals surface area contributed by atoms with Gasteiger partial charge in [0, 0.05) is 12.5 Å². The number of ether oxygens (including phenoxy) is 1. The molecule has 0 atom stereocenters. The van der Waals surface area contributed by atoms with Gasteiger partial charge < -0.3 is 4.74 Å². The molecule has 1 aromatic rings. The van der Waals surface area contributed by atoms with Crippen LogP contribution < -0.4 is 0 Å². The Morgan fingerprint density at radius 3 is 2.75 bits per heavy atom. The molecule has 0 aliphatic carbocycles. The molecule has 0 heterocycles. The molecule has 0 N–H and O–H groups in total. The lowest BCUT2D eigenvalue weighted by atomic mass is 10.2. The molecule has 0 fully saturated rings. The maximum Gasteiger partial charge on any atom is 0.330 e. The Kier molecular flexibility index (Phi) is 4.81. The molecule has 0 spiro atoms. The number of terminal acetylenes is 1. The molecule has 0 saturated heterocycles. The van der Waals surface area contributed by atoms with Crippen molar-refractivity contribution in [2.24, 2.45) is 0 Å². The zero-order valence-corrected chi connectivity index (χ0v) is 8.65. The number of halogens is 1. The highest BCUT2D eigenvalue weighted by molar-refractivity contribution is 5.87. The van der Waals surface area contributed by atoms with E-state index in [4.69, 9.17) is 11.2 Å². The van der Waals surface area contributed by atoms with Crippen molar-refractivity contribution in [2.75, 3.05) is 6.61 Å². The highest BCUT2D eigenvalue weighted by Gasteiger charge is 1.95. The minimum atomic E-state index is -0.459. The van der Waals surface area contributed by atoms with Crippen LogP contribution in [-0.4, -0.2) is 12.6 Å². The summed E-state index contributed by atoms with van der Waals surface area (Å²) in [5, 5.41) is 0. The van der Waals surface area contributed by atoms with Gasteiger partial charge in [0.2, 0.25) is 0 Å². The zero-order chi connectivity index (χ0) is 11.8. The van der Waals surface area contributed by atoms with Gasteiger partial charge in [0.15, 0.2) is 0 Å². The normalized spacial score (nSPS) is 10.0. The summed E-state index contributed by atoms with van der Waals surface area (Å²) in [6, 6.07) is 5.79. The third-order valence-electron chi connectivity index (χ3n) is 1.77. The first-order valence-electron chi connectivity index (χ1n) is 4.76. The quantitative estimate of drug-likeness (QED) is 0.336. The standard InChI is InChI=1S/C13H11FO2/c1-2-3-10-16-13(15)9-6-11-4-7-12(14)8-5-11/h1,4-9H,3,10H2/b9-6+. The van der Waals surface area contributed by atoms with E-state index in [9.17, 15) is 9.18 Å². The monoisotopic (exact) mass is 218 g/mol. The smallest absolute Gasteiger partial charge is 0.330 e. The summed E-state index contributed by atoms with van der Waals surface area (Å²) in [5.41, 5.74) is 0.732. The summed E-state index contributed by atoms with van der Waals surface area (Å²) in [7, 11) is 0. The van der Waals surface area contributed by atoms with Crippen molar-refractivity contribution in [3.63, 3.8) is 0 Å². The van der Waals surface area contributed by atoms with Crippen LogP contribution >= 0.6 is 0 Å². The number of hydrogen-bond donors (Lipinski definition) is 0. The van der Waals surface area contributed by atoms with Crippen molar-refractivity contribution in [1.29, 1.82) is 0 Å². The average molecular weight is 218 g/mol. The third kappa shape index (κ3) is 4.43. The van der Waals surface area contributed by atoms with Crippen LogP contribution in [0.1, 0.15) is 12.0 Å². The van der Waals surface area contributed by atoms with E-state index in [0.717, 1.165) is 5.56 Å². The van der Waals surface area contributed by atoms with Gasteiger partial charge in [-0.2, -0.15) is 0 Å². The van der Waals surface area contributed by atoms with Crippen LogP contribution in [0.5, 0.6) is 0 Å². The van der Waals surface area contributed by atoms with Crippen LogP contribution in [0, 0.1) is 18.2 Å². The Morgan fingerprint density at radius 2 is 2.12 bits per heavy atom. The van der Waals surface area contributed by atoms with Gasteiger partial charge in [-0.1, -0.05) is 12.1 Å². The molecular formula is C13H11FO2. The molecule has 16 heavy (non-hydrogen) atoms. The van der Waals surface area contributed by atoms with E-state index in [1.165, 1.54) is 18.2 Å². The summed E-state index contributed by atoms with van der Waals surface area (Å²) in [6.07, 6.45) is 8.23. The minimum absolute atomic E-state index is 0.211. The molecule has 2 nitrogen and oxygen atoms in total. The first-order valence-corrected chi connectivity index (χ1v) is 4.76. The molecule has 3 heteroatoms. The molecule has 0 saturated carbocycles. The second-order valence-corrected chi connectivity index (χ2v) is 3.01. The number of carbonyl (C=O) groups is 1. The van der Waals surface area contributed by atoms with Gasteiger partial charge in [-0.3, -0.25) is 0 Å². The van der Waals surface area contributed by atoms with Crippen molar-refractivity contribution < 1.29 is 13.9 Å². The maximum absolute atomic E-state index is 12.6. The van der Waals surface area contributed by atoms with Gasteiger partial charge in [0.25, 0.3) is 0 Å². The Labute approximate surface area is 93.7 Å². The van der Waals surface area contributed by atoms with Gasteiger partial charge in [0.1, 0.15) is 12.4 Å². The summed E-state index contributed by atoms with van der Waals surface area (Å²) in [5.74, 6) is 1.59. The molecule has 1 aromatic carbocycles. The Bertz CT molecular complexity index is 413. The van der Waals surface area contributed by atoms with Gasteiger partial charge in [-0.15, -0.1) is 12.3 Å². The molecule has 1 rings (SSSR count). The summed E-state index contributed by atoms with van der Waals surface area (Å²) in [4.78, 5) is 11.1. The zero-order valence-electron chi connectivity index (χ0n) is 8.65. The predicted molar refractivity (Wildman–Crippen MR) is 59.8 cm³/mol. The number of benzene rings is 1. The molecule has 0 aliphatic rings. The van der Waals surface area contributed by atoms with Crippen LogP contribution in [0.4, 0.5) is 4.39 Å². The Balaban J connectivity index is 2.44. The van der Waals surface area contributed by atoms with Crippen LogP contribution in [0.3, 0.4) is 0 Å². The van der Waals surface area contributed by atoms with Crippen molar-refractivity contribution in [3.8, 4) is 12.3 Å². The van der Waals surface area contributed by atoms with Crippen LogP contribution in [0.25, 0.3) is 6.08 Å². The molecule has 0 bridgehead atoms. The van der Waals surface area contributed by atoms with Crippen molar-refractivity contribution in [3.05, 3.63) is 41.7 Å². The fraction of sp³-hybridized carbons (Fsp3) is 0.154. The number of carbonyl (C=O) groups excluding carboxylic acids is 1. The molecule has 0 aromatic heterocycles. The van der Waals surface area contributed by atoms with Crippen molar-refractivity contribution in [2.45, 2.75) is 6.42 Å². The lowest BCUT2D eigenvalue weighted by Crippen LogP contribution is -2.01.